The number of fused-ring (bicyclic) bond motifs is 8. The van der Waals surface area contributed by atoms with E-state index in [0.717, 1.165) is 85.6 Å². The van der Waals surface area contributed by atoms with Crippen molar-refractivity contribution in [2.75, 3.05) is 63.4 Å². The Bertz CT molecular complexity index is 3520. The minimum absolute atomic E-state index is 0.0191. The average Bonchev–Trinajstić information content (AvgIpc) is 1.37. The summed E-state index contributed by atoms with van der Waals surface area (Å²) in [6.07, 6.45) is 18.2. The van der Waals surface area contributed by atoms with Crippen molar-refractivity contribution < 1.29 is 55.6 Å². The maximum Gasteiger partial charge on any atom is 0.264 e. The minimum atomic E-state index is -3.98. The van der Waals surface area contributed by atoms with E-state index in [4.69, 9.17) is 42.1 Å². The number of aliphatic hydroxyl groups is 2. The minimum Gasteiger partial charge on any atom is -0.490 e. The van der Waals surface area contributed by atoms with Gasteiger partial charge in [-0.15, -0.1) is 0 Å². The number of methoxy groups -OCH3 is 2. The van der Waals surface area contributed by atoms with E-state index < -0.39 is 64.8 Å². The Labute approximate surface area is 555 Å². The summed E-state index contributed by atoms with van der Waals surface area (Å²) in [6, 6.07) is 22.7. The quantitative estimate of drug-likeness (QED) is 0.140. The highest BCUT2D eigenvalue weighted by Gasteiger charge is 2.57. The van der Waals surface area contributed by atoms with Crippen molar-refractivity contribution in [2.45, 2.75) is 176 Å². The molecule has 4 aromatic carbocycles. The topological polar surface area (TPSA) is 210 Å². The lowest BCUT2D eigenvalue weighted by molar-refractivity contribution is -0.181. The van der Waals surface area contributed by atoms with Gasteiger partial charge in [-0.3, -0.25) is 9.59 Å². The molecule has 4 aliphatic heterocycles. The monoisotopic (exact) mass is 1340 g/mol. The molecule has 12 rings (SSSR count). The van der Waals surface area contributed by atoms with Crippen LogP contribution in [-0.2, 0) is 53.2 Å². The van der Waals surface area contributed by atoms with Crippen molar-refractivity contribution in [3.63, 3.8) is 0 Å². The highest BCUT2D eigenvalue weighted by Crippen LogP contribution is 2.54. The molecule has 2 amide bonds. The number of halogens is 2. The van der Waals surface area contributed by atoms with Crippen LogP contribution in [-0.4, -0.2) is 125 Å². The number of amides is 2. The van der Waals surface area contributed by atoms with Crippen molar-refractivity contribution in [3.8, 4) is 11.5 Å². The van der Waals surface area contributed by atoms with E-state index in [9.17, 15) is 36.6 Å². The van der Waals surface area contributed by atoms with Crippen LogP contribution in [0.4, 0.5) is 11.4 Å². The number of allylic oxidation sites excluding steroid dienone is 2. The molecule has 16 nitrogen and oxygen atoms in total. The first-order valence-electron chi connectivity index (χ1n) is 33.0. The zero-order valence-electron chi connectivity index (χ0n) is 55.0. The third-order valence-electron chi connectivity index (χ3n) is 22.8. The number of nitrogens with one attached hydrogen (secondary N) is 2. The Balaban J connectivity index is 0.000000188. The molecule has 2 saturated carbocycles. The van der Waals surface area contributed by atoms with E-state index in [1.807, 2.05) is 50.3 Å². The van der Waals surface area contributed by atoms with Gasteiger partial charge in [0.15, 0.2) is 0 Å². The van der Waals surface area contributed by atoms with Crippen LogP contribution in [0.1, 0.15) is 163 Å². The molecule has 500 valence electrons. The molecule has 4 N–H and O–H groups in total. The van der Waals surface area contributed by atoms with E-state index in [-0.39, 0.29) is 57.5 Å². The van der Waals surface area contributed by atoms with Crippen molar-refractivity contribution in [2.24, 2.45) is 35.5 Å². The Morgan fingerprint density at radius 2 is 0.967 bits per heavy atom. The number of rotatable bonds is 4. The second-order valence-corrected chi connectivity index (χ2v) is 34.1. The molecular weight excluding hydrogens is 1250 g/mol. The van der Waals surface area contributed by atoms with E-state index >= 15 is 0 Å². The summed E-state index contributed by atoms with van der Waals surface area (Å²) in [6.45, 7) is 17.7. The predicted octanol–water partition coefficient (Wildman–Crippen LogP) is 12.1. The second kappa shape index (κ2) is 25.8. The fraction of sp³-hybridized carbons (Fsp3) is 0.583. The molecule has 92 heavy (non-hydrogen) atoms. The predicted molar refractivity (Wildman–Crippen MR) is 362 cm³/mol. The number of aryl methyl sites for hydroxylation is 2. The zero-order valence-corrected chi connectivity index (χ0v) is 58.2. The summed E-state index contributed by atoms with van der Waals surface area (Å²) < 4.78 is 84.0. The molecule has 0 radical (unpaired) electrons. The summed E-state index contributed by atoms with van der Waals surface area (Å²) in [5.74, 6) is -0.133. The SMILES string of the molecule is CO[C@@]1(C(C)(C)O)/C=C/C[C@H](C)[C@@H](C)S(=O)(=O)NC(=O)c2ccc3c(c2)N(C[C@@H]2CC[C@H]21)C[C@@]1(CCCc2cc(Cl)ccc21)CO3.CO[C@]1(C(C)(C)O)/C=C/C[C@H](C)[C@@H](C)S(=O)(=O)NC(=O)c2ccc3c(c2)N(C[C@@H]2CC[C@H]21)C[C@@]1(CCCc2cc(Cl)ccc21)CO3. The first-order chi connectivity index (χ1) is 43.4. The van der Waals surface area contributed by atoms with Crippen molar-refractivity contribution in [1.29, 1.82) is 0 Å². The number of benzene rings is 4. The van der Waals surface area contributed by atoms with Gasteiger partial charge in [-0.2, -0.15) is 0 Å². The fourth-order valence-corrected chi connectivity index (χ4v) is 19.7. The third kappa shape index (κ3) is 12.7. The first kappa shape index (κ1) is 68.2. The van der Waals surface area contributed by atoms with Gasteiger partial charge in [0.25, 0.3) is 11.8 Å². The summed E-state index contributed by atoms with van der Waals surface area (Å²) in [5.41, 5.74) is 2.09. The van der Waals surface area contributed by atoms with E-state index in [2.05, 4.69) is 43.5 Å². The van der Waals surface area contributed by atoms with Gasteiger partial charge in [-0.05, 0) is 237 Å². The molecule has 4 bridgehead atoms. The van der Waals surface area contributed by atoms with Gasteiger partial charge in [0.05, 0.1) is 46.3 Å². The standard InChI is InChI=1S/2C36H47ClN2O6S/c2*1-23-8-6-17-36(44-5,34(3,4)41)30-13-10-27(30)20-39-21-35(16-7-9-25-18-28(37)12-14-29(25)35)22-45-32-15-11-26(19-31(32)39)33(40)38-46(42,43)24(23)2/h2*6,11-12,14-15,17-19,23-24,27,30,41H,7-10,13,16,20-22H2,1-5H3,(H,38,40)/b2*17-6+/t23-,24+,27-,30+,35-,36+;23-,24+,27-,30+,35-,36-/m00/s1. The van der Waals surface area contributed by atoms with Crippen molar-refractivity contribution in [1.82, 2.24) is 9.44 Å². The lowest BCUT2D eigenvalue weighted by Gasteiger charge is -2.54. The Hall–Kier alpha value is -5.18. The van der Waals surface area contributed by atoms with Crippen LogP contribution in [0.5, 0.6) is 11.5 Å². The van der Waals surface area contributed by atoms with Crippen LogP contribution >= 0.6 is 23.2 Å². The highest BCUT2D eigenvalue weighted by atomic mass is 35.5. The fourth-order valence-electron chi connectivity index (χ4n) is 16.8. The molecule has 20 heteroatoms. The molecule has 4 aromatic rings. The Morgan fingerprint density at radius 3 is 1.32 bits per heavy atom. The van der Waals surface area contributed by atoms with Gasteiger partial charge in [-0.1, -0.05) is 73.5 Å². The molecule has 4 aliphatic carbocycles. The summed E-state index contributed by atoms with van der Waals surface area (Å²) >= 11 is 12.9. The van der Waals surface area contributed by atoms with Crippen LogP contribution in [0.15, 0.2) is 97.1 Å². The smallest absolute Gasteiger partial charge is 0.264 e. The lowest BCUT2D eigenvalue weighted by Crippen LogP contribution is -2.61. The second-order valence-electron chi connectivity index (χ2n) is 29.2. The summed E-state index contributed by atoms with van der Waals surface area (Å²) in [5, 5.41) is 23.1. The van der Waals surface area contributed by atoms with Gasteiger partial charge in [0, 0.05) is 72.4 Å². The lowest BCUT2D eigenvalue weighted by atomic mass is 9.59. The number of hydrogen-bond donors (Lipinski definition) is 4. The molecule has 12 atom stereocenters. The van der Waals surface area contributed by atoms with Crippen LogP contribution in [0.2, 0.25) is 10.0 Å². The van der Waals surface area contributed by atoms with E-state index in [1.54, 1.807) is 92.2 Å². The van der Waals surface area contributed by atoms with Gasteiger partial charge in [0.2, 0.25) is 20.0 Å². The van der Waals surface area contributed by atoms with E-state index in [0.29, 0.717) is 63.7 Å². The van der Waals surface area contributed by atoms with Crippen molar-refractivity contribution in [3.05, 3.63) is 141 Å². The Kier molecular flexibility index (Phi) is 19.1. The van der Waals surface area contributed by atoms with Gasteiger partial charge >= 0.3 is 0 Å². The van der Waals surface area contributed by atoms with Gasteiger partial charge in [-0.25, -0.2) is 26.3 Å². The number of sulfonamides is 2. The molecule has 2 fully saturated rings. The number of nitrogens with zero attached hydrogens (tertiary/aromatic N) is 2. The highest BCUT2D eigenvalue weighted by molar-refractivity contribution is 7.91. The molecule has 2 spiro atoms. The molecule has 0 saturated heterocycles. The molecular formula is C72H94Cl2N4O12S2. The maximum absolute atomic E-state index is 13.5. The first-order valence-corrected chi connectivity index (χ1v) is 36.9. The van der Waals surface area contributed by atoms with Crippen LogP contribution in [0.3, 0.4) is 0 Å². The number of carbonyl (C=O) groups excluding carboxylic acids is 2. The number of ether oxygens (including phenoxy) is 4. The van der Waals surface area contributed by atoms with E-state index in [1.165, 1.54) is 22.3 Å². The van der Waals surface area contributed by atoms with Crippen LogP contribution in [0, 0.1) is 35.5 Å². The van der Waals surface area contributed by atoms with Crippen LogP contribution in [0.25, 0.3) is 0 Å². The van der Waals surface area contributed by atoms with Crippen molar-refractivity contribution >= 4 is 66.4 Å². The average molecular weight is 1340 g/mol. The molecule has 8 aliphatic rings. The summed E-state index contributed by atoms with van der Waals surface area (Å²) in [4.78, 5) is 31.6. The van der Waals surface area contributed by atoms with Crippen LogP contribution < -0.4 is 28.7 Å². The molecule has 0 unspecified atom stereocenters. The Morgan fingerprint density at radius 1 is 0.576 bits per heavy atom. The number of hydrogen-bond acceptors (Lipinski definition) is 14. The maximum atomic E-state index is 13.5. The van der Waals surface area contributed by atoms with Gasteiger partial charge in [0.1, 0.15) is 22.7 Å². The number of anilines is 2. The largest absolute Gasteiger partial charge is 0.490 e. The zero-order chi connectivity index (χ0) is 66.1. The summed E-state index contributed by atoms with van der Waals surface area (Å²) in [7, 11) is -4.64. The third-order valence-corrected chi connectivity index (χ3v) is 27.1. The molecule has 0 aromatic heterocycles. The normalized spacial score (nSPS) is 33.5. The molecule has 4 heterocycles. The van der Waals surface area contributed by atoms with Gasteiger partial charge < -0.3 is 39.0 Å². The number of carbonyl (C=O) groups is 2.